The Balaban J connectivity index is 2.05. The lowest BCUT2D eigenvalue weighted by Crippen LogP contribution is -2.23. The second kappa shape index (κ2) is 4.73. The Kier molecular flexibility index (Phi) is 3.13. The highest BCUT2D eigenvalue weighted by molar-refractivity contribution is 5.96. The molecule has 0 unspecified atom stereocenters. The maximum atomic E-state index is 11.2. The minimum absolute atomic E-state index is 0.0668. The van der Waals surface area contributed by atoms with Gasteiger partial charge in [0.2, 0.25) is 0 Å². The van der Waals surface area contributed by atoms with Crippen LogP contribution >= 0.6 is 0 Å². The van der Waals surface area contributed by atoms with Crippen molar-refractivity contribution in [2.75, 3.05) is 13.2 Å². The third kappa shape index (κ3) is 2.47. The molecule has 0 bridgehead atoms. The molecule has 17 heavy (non-hydrogen) atoms. The molecule has 1 heterocycles. The van der Waals surface area contributed by atoms with Gasteiger partial charge in [0.1, 0.15) is 6.61 Å². The summed E-state index contributed by atoms with van der Waals surface area (Å²) >= 11 is 0. The molecule has 0 aromatic heterocycles. The van der Waals surface area contributed by atoms with Crippen molar-refractivity contribution in [2.24, 2.45) is 10.9 Å². The molecule has 0 aliphatic carbocycles. The van der Waals surface area contributed by atoms with Crippen molar-refractivity contribution >= 4 is 11.9 Å². The summed E-state index contributed by atoms with van der Waals surface area (Å²) < 4.78 is 4.83. The molecule has 3 N–H and O–H groups in total. The molecule has 0 atom stereocenters. The first-order valence-corrected chi connectivity index (χ1v) is 5.19. The molecule has 90 valence electrons. The van der Waals surface area contributed by atoms with Gasteiger partial charge in [-0.3, -0.25) is 0 Å². The fraction of sp³-hybridized carbons (Fsp3) is 0.273. The van der Waals surface area contributed by atoms with Gasteiger partial charge in [0.25, 0.3) is 0 Å². The smallest absolute Gasteiger partial charge is 0.410 e. The van der Waals surface area contributed by atoms with Crippen LogP contribution in [0.1, 0.15) is 11.1 Å². The minimum atomic E-state index is -0.287. The van der Waals surface area contributed by atoms with E-state index >= 15 is 0 Å². The fourth-order valence-electron chi connectivity index (χ4n) is 1.63. The van der Waals surface area contributed by atoms with Gasteiger partial charge in [0, 0.05) is 12.1 Å². The third-order valence-electron chi connectivity index (χ3n) is 2.58. The number of cyclic esters (lactones) is 1. The van der Waals surface area contributed by atoms with Gasteiger partial charge in [0.15, 0.2) is 5.84 Å². The predicted molar refractivity (Wildman–Crippen MR) is 60.7 cm³/mol. The first-order valence-electron chi connectivity index (χ1n) is 5.19. The van der Waals surface area contributed by atoms with Crippen LogP contribution < -0.4 is 5.73 Å². The van der Waals surface area contributed by atoms with Gasteiger partial charge in [-0.15, -0.1) is 0 Å². The summed E-state index contributed by atoms with van der Waals surface area (Å²) in [5, 5.41) is 11.4. The second-order valence-electron chi connectivity index (χ2n) is 3.72. The van der Waals surface area contributed by atoms with E-state index in [0.29, 0.717) is 25.3 Å². The summed E-state index contributed by atoms with van der Waals surface area (Å²) in [7, 11) is 0. The topological polar surface area (TPSA) is 88.2 Å². The summed E-state index contributed by atoms with van der Waals surface area (Å²) in [4.78, 5) is 12.9. The highest BCUT2D eigenvalue weighted by Gasteiger charge is 2.21. The summed E-state index contributed by atoms with van der Waals surface area (Å²) in [6, 6.07) is 7.15. The molecule has 1 aromatic carbocycles. The molecule has 1 aromatic rings. The summed E-state index contributed by atoms with van der Waals surface area (Å²) in [6.45, 7) is 1.57. The van der Waals surface area contributed by atoms with Crippen LogP contribution in [0.4, 0.5) is 4.79 Å². The first kappa shape index (κ1) is 11.3. The molecule has 6 nitrogen and oxygen atoms in total. The van der Waals surface area contributed by atoms with Gasteiger partial charge in [0.05, 0.1) is 6.54 Å². The quantitative estimate of drug-likeness (QED) is 0.350. The zero-order valence-corrected chi connectivity index (χ0v) is 9.17. The van der Waals surface area contributed by atoms with Crippen LogP contribution in [-0.2, 0) is 11.3 Å². The van der Waals surface area contributed by atoms with E-state index in [1.54, 1.807) is 17.0 Å². The summed E-state index contributed by atoms with van der Waals surface area (Å²) in [6.07, 6.45) is -0.287. The number of benzene rings is 1. The standard InChI is InChI=1S/C11H13N3O3/c12-10(13-16)9-3-1-8(2-4-9)7-14-5-6-17-11(14)15/h1-4,16H,5-7H2,(H2,12,13). The molecule has 1 aliphatic rings. The Bertz CT molecular complexity index is 442. The number of carbonyl (C=O) groups is 1. The Morgan fingerprint density at radius 3 is 2.71 bits per heavy atom. The Labute approximate surface area is 98.3 Å². The van der Waals surface area contributed by atoms with Crippen LogP contribution in [0, 0.1) is 0 Å². The second-order valence-corrected chi connectivity index (χ2v) is 3.72. The maximum absolute atomic E-state index is 11.2. The van der Waals surface area contributed by atoms with Gasteiger partial charge in [-0.2, -0.15) is 0 Å². The molecule has 0 saturated carbocycles. The van der Waals surface area contributed by atoms with Gasteiger partial charge in [-0.25, -0.2) is 4.79 Å². The number of oxime groups is 1. The third-order valence-corrected chi connectivity index (χ3v) is 2.58. The van der Waals surface area contributed by atoms with E-state index in [-0.39, 0.29) is 11.9 Å². The monoisotopic (exact) mass is 235 g/mol. The molecule has 0 spiro atoms. The van der Waals surface area contributed by atoms with Crippen LogP contribution in [0.2, 0.25) is 0 Å². The lowest BCUT2D eigenvalue weighted by Gasteiger charge is -2.12. The van der Waals surface area contributed by atoms with E-state index in [1.165, 1.54) is 0 Å². The largest absolute Gasteiger partial charge is 0.448 e. The Morgan fingerprint density at radius 2 is 2.18 bits per heavy atom. The normalized spacial score (nSPS) is 16.1. The van der Waals surface area contributed by atoms with E-state index < -0.39 is 0 Å². The molecule has 1 fully saturated rings. The summed E-state index contributed by atoms with van der Waals surface area (Å²) in [5.41, 5.74) is 7.06. The van der Waals surface area contributed by atoms with Gasteiger partial charge in [-0.1, -0.05) is 29.4 Å². The van der Waals surface area contributed by atoms with Gasteiger partial charge < -0.3 is 20.6 Å². The predicted octanol–water partition coefficient (Wildman–Crippen LogP) is 0.733. The minimum Gasteiger partial charge on any atom is -0.448 e. The number of nitrogens with two attached hydrogens (primary N) is 1. The van der Waals surface area contributed by atoms with Crippen LogP contribution in [0.15, 0.2) is 29.4 Å². The lowest BCUT2D eigenvalue weighted by atomic mass is 10.1. The zero-order valence-electron chi connectivity index (χ0n) is 9.17. The van der Waals surface area contributed by atoms with Crippen molar-refractivity contribution in [2.45, 2.75) is 6.54 Å². The van der Waals surface area contributed by atoms with Crippen LogP contribution in [0.3, 0.4) is 0 Å². The van der Waals surface area contributed by atoms with Crippen molar-refractivity contribution in [3.63, 3.8) is 0 Å². The van der Waals surface area contributed by atoms with E-state index in [2.05, 4.69) is 5.16 Å². The molecular formula is C11H13N3O3. The molecule has 6 heteroatoms. The van der Waals surface area contributed by atoms with E-state index in [0.717, 1.165) is 5.56 Å². The van der Waals surface area contributed by atoms with E-state index in [1.807, 2.05) is 12.1 Å². The summed E-state index contributed by atoms with van der Waals surface area (Å²) in [5.74, 6) is 0.0668. The van der Waals surface area contributed by atoms with E-state index in [9.17, 15) is 4.79 Å². The fourth-order valence-corrected chi connectivity index (χ4v) is 1.63. The average molecular weight is 235 g/mol. The zero-order chi connectivity index (χ0) is 12.3. The number of carbonyl (C=O) groups excluding carboxylic acids is 1. The number of amides is 1. The van der Waals surface area contributed by atoms with Crippen molar-refractivity contribution in [3.05, 3.63) is 35.4 Å². The number of ether oxygens (including phenoxy) is 1. The maximum Gasteiger partial charge on any atom is 0.410 e. The number of hydrogen-bond donors (Lipinski definition) is 2. The number of nitrogens with zero attached hydrogens (tertiary/aromatic N) is 2. The van der Waals surface area contributed by atoms with Crippen LogP contribution in [0.5, 0.6) is 0 Å². The van der Waals surface area contributed by atoms with Crippen molar-refractivity contribution < 1.29 is 14.7 Å². The molecule has 1 amide bonds. The Hall–Kier alpha value is -2.24. The van der Waals surface area contributed by atoms with Gasteiger partial charge in [-0.05, 0) is 5.56 Å². The number of amidine groups is 1. The van der Waals surface area contributed by atoms with Crippen molar-refractivity contribution in [1.82, 2.24) is 4.90 Å². The number of hydrogen-bond acceptors (Lipinski definition) is 4. The number of rotatable bonds is 3. The van der Waals surface area contributed by atoms with Crippen molar-refractivity contribution in [3.8, 4) is 0 Å². The van der Waals surface area contributed by atoms with Crippen LogP contribution in [0.25, 0.3) is 0 Å². The Morgan fingerprint density at radius 1 is 1.47 bits per heavy atom. The molecule has 2 rings (SSSR count). The SMILES string of the molecule is NC(=NO)c1ccc(CN2CCOC2=O)cc1. The highest BCUT2D eigenvalue weighted by atomic mass is 16.6. The average Bonchev–Trinajstić information content (AvgIpc) is 2.75. The van der Waals surface area contributed by atoms with Gasteiger partial charge >= 0.3 is 6.09 Å². The molecule has 1 aliphatic heterocycles. The molecule has 1 saturated heterocycles. The first-order chi connectivity index (χ1) is 8.20. The molecule has 0 radical (unpaired) electrons. The van der Waals surface area contributed by atoms with E-state index in [4.69, 9.17) is 15.7 Å². The molecular weight excluding hydrogens is 222 g/mol. The lowest BCUT2D eigenvalue weighted by molar-refractivity contribution is 0.157. The van der Waals surface area contributed by atoms with Crippen LogP contribution in [-0.4, -0.2) is 35.2 Å². The highest BCUT2D eigenvalue weighted by Crippen LogP contribution is 2.11. The van der Waals surface area contributed by atoms with Crippen molar-refractivity contribution in [1.29, 1.82) is 0 Å².